The third-order valence-electron chi connectivity index (χ3n) is 6.42. The topological polar surface area (TPSA) is 0 Å². The van der Waals surface area contributed by atoms with Crippen molar-refractivity contribution in [3.63, 3.8) is 0 Å². The smallest absolute Gasteiger partial charge is 0.0386 e. The lowest BCUT2D eigenvalue weighted by Gasteiger charge is -2.32. The average Bonchev–Trinajstić information content (AvgIpc) is 2.61. The summed E-state index contributed by atoms with van der Waals surface area (Å²) in [6, 6.07) is 0. The molecular formula is C24H48. The van der Waals surface area contributed by atoms with E-state index in [4.69, 9.17) is 0 Å². The third-order valence-corrected chi connectivity index (χ3v) is 6.42. The third kappa shape index (κ3) is 11.5. The molecule has 1 aliphatic carbocycles. The van der Waals surface area contributed by atoms with E-state index in [2.05, 4.69) is 13.8 Å². The molecule has 0 bridgehead atoms. The maximum absolute atomic E-state index is 2.31. The maximum atomic E-state index is 2.31. The fourth-order valence-corrected chi connectivity index (χ4v) is 4.77. The van der Waals surface area contributed by atoms with Gasteiger partial charge in [0.05, 0.1) is 0 Å². The maximum Gasteiger partial charge on any atom is -0.0386 e. The Balaban J connectivity index is 2.02. The van der Waals surface area contributed by atoms with Gasteiger partial charge in [0, 0.05) is 0 Å². The Morgan fingerprint density at radius 2 is 0.792 bits per heavy atom. The normalized spacial score (nSPS) is 21.2. The van der Waals surface area contributed by atoms with Gasteiger partial charge >= 0.3 is 0 Å². The molecule has 2 atom stereocenters. The van der Waals surface area contributed by atoms with Crippen molar-refractivity contribution in [2.75, 3.05) is 0 Å². The van der Waals surface area contributed by atoms with Crippen LogP contribution in [0.4, 0.5) is 0 Å². The summed E-state index contributed by atoms with van der Waals surface area (Å²) in [7, 11) is 0. The molecular weight excluding hydrogens is 288 g/mol. The van der Waals surface area contributed by atoms with Crippen LogP contribution in [0, 0.1) is 11.8 Å². The molecule has 1 rings (SSSR count). The van der Waals surface area contributed by atoms with Crippen LogP contribution in [0.3, 0.4) is 0 Å². The van der Waals surface area contributed by atoms with Gasteiger partial charge in [0.2, 0.25) is 0 Å². The molecule has 0 aliphatic heterocycles. The van der Waals surface area contributed by atoms with Crippen molar-refractivity contribution < 1.29 is 0 Å². The van der Waals surface area contributed by atoms with Crippen molar-refractivity contribution in [3.8, 4) is 0 Å². The quantitative estimate of drug-likeness (QED) is 0.246. The molecule has 0 heterocycles. The van der Waals surface area contributed by atoms with Crippen LogP contribution in [0.1, 0.15) is 142 Å². The Morgan fingerprint density at radius 3 is 1.17 bits per heavy atom. The summed E-state index contributed by atoms with van der Waals surface area (Å²) >= 11 is 0. The average molecular weight is 337 g/mol. The zero-order valence-corrected chi connectivity index (χ0v) is 17.3. The summed E-state index contributed by atoms with van der Waals surface area (Å²) in [6.07, 6.45) is 29.9. The van der Waals surface area contributed by atoms with Crippen molar-refractivity contribution in [1.29, 1.82) is 0 Å². The highest BCUT2D eigenvalue weighted by atomic mass is 14.3. The highest BCUT2D eigenvalue weighted by Gasteiger charge is 2.23. The minimum Gasteiger partial charge on any atom is -0.0654 e. The molecule has 1 aliphatic rings. The molecule has 0 radical (unpaired) electrons. The Kier molecular flexibility index (Phi) is 15.1. The Bertz CT molecular complexity index is 218. The first kappa shape index (κ1) is 22.0. The van der Waals surface area contributed by atoms with E-state index in [1.165, 1.54) is 103 Å². The van der Waals surface area contributed by atoms with Crippen LogP contribution in [0.25, 0.3) is 0 Å². The van der Waals surface area contributed by atoms with Gasteiger partial charge in [-0.15, -0.1) is 0 Å². The van der Waals surface area contributed by atoms with Gasteiger partial charge in [0.15, 0.2) is 0 Å². The lowest BCUT2D eigenvalue weighted by molar-refractivity contribution is 0.202. The summed E-state index contributed by atoms with van der Waals surface area (Å²) in [5, 5.41) is 0. The first-order chi connectivity index (χ1) is 11.9. The number of hydrogen-bond donors (Lipinski definition) is 0. The molecule has 0 N–H and O–H groups in total. The second kappa shape index (κ2) is 16.5. The largest absolute Gasteiger partial charge is 0.0654 e. The van der Waals surface area contributed by atoms with Gasteiger partial charge in [-0.05, 0) is 11.8 Å². The van der Waals surface area contributed by atoms with Crippen LogP contribution in [0.2, 0.25) is 0 Å². The zero-order valence-electron chi connectivity index (χ0n) is 17.3. The summed E-state index contributed by atoms with van der Waals surface area (Å²) in [5.41, 5.74) is 0. The van der Waals surface area contributed by atoms with E-state index in [0.717, 1.165) is 11.8 Å². The van der Waals surface area contributed by atoms with Gasteiger partial charge in [0.1, 0.15) is 0 Å². The molecule has 0 heteroatoms. The van der Waals surface area contributed by atoms with E-state index in [0.29, 0.717) is 0 Å². The van der Waals surface area contributed by atoms with Gasteiger partial charge in [-0.1, -0.05) is 142 Å². The minimum absolute atomic E-state index is 1.09. The van der Waals surface area contributed by atoms with Crippen molar-refractivity contribution in [2.45, 2.75) is 142 Å². The molecule has 0 nitrogen and oxygen atoms in total. The molecule has 0 saturated heterocycles. The molecule has 2 unspecified atom stereocenters. The first-order valence-corrected chi connectivity index (χ1v) is 11.9. The van der Waals surface area contributed by atoms with Crippen LogP contribution < -0.4 is 0 Å². The van der Waals surface area contributed by atoms with E-state index in [-0.39, 0.29) is 0 Å². The molecule has 1 fully saturated rings. The summed E-state index contributed by atoms with van der Waals surface area (Å²) in [4.78, 5) is 0. The van der Waals surface area contributed by atoms with Crippen molar-refractivity contribution in [2.24, 2.45) is 11.8 Å². The van der Waals surface area contributed by atoms with Crippen molar-refractivity contribution in [1.82, 2.24) is 0 Å². The lowest BCUT2D eigenvalue weighted by atomic mass is 9.74. The molecule has 24 heavy (non-hydrogen) atoms. The van der Waals surface area contributed by atoms with Crippen LogP contribution in [-0.2, 0) is 0 Å². The second-order valence-corrected chi connectivity index (χ2v) is 8.62. The second-order valence-electron chi connectivity index (χ2n) is 8.62. The first-order valence-electron chi connectivity index (χ1n) is 11.9. The molecule has 0 amide bonds. The summed E-state index contributed by atoms with van der Waals surface area (Å²) in [6.45, 7) is 4.63. The highest BCUT2D eigenvalue weighted by Crippen LogP contribution is 2.37. The van der Waals surface area contributed by atoms with Crippen LogP contribution in [-0.4, -0.2) is 0 Å². The predicted molar refractivity (Wildman–Crippen MR) is 111 cm³/mol. The van der Waals surface area contributed by atoms with Gasteiger partial charge in [-0.3, -0.25) is 0 Å². The van der Waals surface area contributed by atoms with Crippen LogP contribution in [0.5, 0.6) is 0 Å². The van der Waals surface area contributed by atoms with E-state index >= 15 is 0 Å². The fourth-order valence-electron chi connectivity index (χ4n) is 4.77. The Morgan fingerprint density at radius 1 is 0.458 bits per heavy atom. The molecule has 1 saturated carbocycles. The minimum atomic E-state index is 1.09. The van der Waals surface area contributed by atoms with E-state index < -0.39 is 0 Å². The molecule has 0 aromatic heterocycles. The van der Waals surface area contributed by atoms with E-state index in [1.807, 2.05) is 0 Å². The van der Waals surface area contributed by atoms with Gasteiger partial charge in [-0.25, -0.2) is 0 Å². The van der Waals surface area contributed by atoms with Gasteiger partial charge in [0.25, 0.3) is 0 Å². The number of unbranched alkanes of at least 4 members (excludes halogenated alkanes) is 12. The summed E-state index contributed by atoms with van der Waals surface area (Å²) in [5.74, 6) is 2.18. The van der Waals surface area contributed by atoms with Crippen LogP contribution >= 0.6 is 0 Å². The number of hydrogen-bond acceptors (Lipinski definition) is 0. The zero-order chi connectivity index (χ0) is 17.3. The Labute approximate surface area is 154 Å². The van der Waals surface area contributed by atoms with Crippen LogP contribution in [0.15, 0.2) is 0 Å². The molecule has 0 aromatic carbocycles. The molecule has 144 valence electrons. The fraction of sp³-hybridized carbons (Fsp3) is 1.00. The number of rotatable bonds is 16. The van der Waals surface area contributed by atoms with E-state index in [1.54, 1.807) is 25.7 Å². The van der Waals surface area contributed by atoms with E-state index in [9.17, 15) is 0 Å². The molecule has 0 spiro atoms. The van der Waals surface area contributed by atoms with Gasteiger partial charge in [-0.2, -0.15) is 0 Å². The standard InChI is InChI=1S/C24H48/c1-3-5-7-9-11-13-15-19-23-21-17-18-22-24(23)20-16-14-12-10-8-6-4-2/h23-24H,3-22H2,1-2H3. The molecule has 0 aromatic rings. The summed E-state index contributed by atoms with van der Waals surface area (Å²) < 4.78 is 0. The highest BCUT2D eigenvalue weighted by molar-refractivity contribution is 4.75. The van der Waals surface area contributed by atoms with Gasteiger partial charge < -0.3 is 0 Å². The Hall–Kier alpha value is 0. The monoisotopic (exact) mass is 336 g/mol. The van der Waals surface area contributed by atoms with Crippen molar-refractivity contribution >= 4 is 0 Å². The SMILES string of the molecule is CCCCCCCCCC1CCCCC1CCCCCCCCC. The van der Waals surface area contributed by atoms with Crippen molar-refractivity contribution in [3.05, 3.63) is 0 Å². The predicted octanol–water partition coefficient (Wildman–Crippen LogP) is 9.07. The lowest BCUT2D eigenvalue weighted by Crippen LogP contribution is -2.19.